The van der Waals surface area contributed by atoms with E-state index in [1.165, 1.54) is 6.92 Å². The van der Waals surface area contributed by atoms with E-state index in [0.717, 1.165) is 0 Å². The van der Waals surface area contributed by atoms with Crippen LogP contribution in [0, 0.1) is 0 Å². The van der Waals surface area contributed by atoms with E-state index in [4.69, 9.17) is 0 Å². The van der Waals surface area contributed by atoms with E-state index in [9.17, 15) is 70.0 Å². The number of hydrogen-bond acceptors (Lipinski definition) is 4. The minimum absolute atomic E-state index is 0. The Morgan fingerprint density at radius 3 is 1.45 bits per heavy atom. The van der Waals surface area contributed by atoms with E-state index in [2.05, 4.69) is 4.18 Å². The van der Waals surface area contributed by atoms with Crippen LogP contribution in [0.25, 0.3) is 0 Å². The molecular formula is C12H12F13NaO4S. The topological polar surface area (TPSA) is 66.4 Å². The molecule has 19 heteroatoms. The summed E-state index contributed by atoms with van der Waals surface area (Å²) in [6.45, 7) is 1.23. The van der Waals surface area contributed by atoms with Gasteiger partial charge in [-0.05, 0) is 12.8 Å². The zero-order chi connectivity index (χ0) is 24.6. The van der Waals surface area contributed by atoms with Gasteiger partial charge >= 0.3 is 65.3 Å². The Bertz CT molecular complexity index is 693. The summed E-state index contributed by atoms with van der Waals surface area (Å²) in [5, 5.41) is 0. The quantitative estimate of drug-likeness (QED) is 0.181. The van der Waals surface area contributed by atoms with Gasteiger partial charge in [-0.1, -0.05) is 13.3 Å². The van der Waals surface area contributed by atoms with Crippen molar-refractivity contribution in [1.29, 1.82) is 0 Å². The first-order valence-electron chi connectivity index (χ1n) is 7.49. The zero-order valence-electron chi connectivity index (χ0n) is 15.4. The van der Waals surface area contributed by atoms with Gasteiger partial charge in [-0.3, -0.25) is 4.18 Å². The van der Waals surface area contributed by atoms with Crippen LogP contribution < -0.4 is 29.6 Å². The van der Waals surface area contributed by atoms with Gasteiger partial charge in [0.25, 0.3) is 0 Å². The van der Waals surface area contributed by atoms with Gasteiger partial charge in [-0.2, -0.15) is 57.1 Å². The second-order valence-electron chi connectivity index (χ2n) is 5.95. The third-order valence-electron chi connectivity index (χ3n) is 3.64. The van der Waals surface area contributed by atoms with Crippen LogP contribution in [0.2, 0.25) is 0 Å². The molecule has 0 aliphatic heterocycles. The van der Waals surface area contributed by atoms with Crippen LogP contribution in [0.1, 0.15) is 32.6 Å². The predicted molar refractivity (Wildman–Crippen MR) is 69.5 cm³/mol. The monoisotopic (exact) mass is 522 g/mol. The van der Waals surface area contributed by atoms with Crippen molar-refractivity contribution in [1.82, 2.24) is 0 Å². The Morgan fingerprint density at radius 1 is 0.742 bits per heavy atom. The van der Waals surface area contributed by atoms with Crippen molar-refractivity contribution < 1.29 is 104 Å². The van der Waals surface area contributed by atoms with Crippen LogP contribution >= 0.6 is 0 Å². The largest absolute Gasteiger partial charge is 1.00 e. The Morgan fingerprint density at radius 2 is 1.13 bits per heavy atom. The molecule has 0 amide bonds. The van der Waals surface area contributed by atoms with Crippen LogP contribution in [-0.2, 0) is 14.6 Å². The fourth-order valence-electron chi connectivity index (χ4n) is 2.03. The Hall–Kier alpha value is -0.0400. The van der Waals surface area contributed by atoms with Crippen LogP contribution in [-0.4, -0.2) is 54.9 Å². The van der Waals surface area contributed by atoms with Crippen LogP contribution in [0.3, 0.4) is 0 Å². The first-order chi connectivity index (χ1) is 12.9. The molecule has 0 aromatic carbocycles. The van der Waals surface area contributed by atoms with E-state index >= 15 is 0 Å². The molecule has 0 radical (unpaired) electrons. The Kier molecular flexibility index (Phi) is 10.8. The number of hydrogen-bond donors (Lipinski definition) is 0. The molecule has 0 saturated carbocycles. The third kappa shape index (κ3) is 6.74. The molecule has 4 nitrogen and oxygen atoms in total. The molecule has 0 aromatic rings. The van der Waals surface area contributed by atoms with Crippen molar-refractivity contribution in [3.05, 3.63) is 0 Å². The maximum absolute atomic E-state index is 13.6. The summed E-state index contributed by atoms with van der Waals surface area (Å²) in [6, 6.07) is 0. The SMILES string of the molecule is CCCC(CCC(F)(F)C(F)(F)C(F)(F)C(F)(F)C(F)(F)C(F)(F)F)OS(=O)(=O)[O-].[Na+]. The summed E-state index contributed by atoms with van der Waals surface area (Å²) in [7, 11) is -5.61. The summed E-state index contributed by atoms with van der Waals surface area (Å²) in [5.74, 6) is -37.6. The molecule has 0 spiro atoms. The summed E-state index contributed by atoms with van der Waals surface area (Å²) in [6.07, 6.45) is -14.7. The van der Waals surface area contributed by atoms with Crippen molar-refractivity contribution in [2.24, 2.45) is 0 Å². The molecule has 0 rings (SSSR count). The second-order valence-corrected chi connectivity index (χ2v) is 6.96. The molecule has 0 N–H and O–H groups in total. The van der Waals surface area contributed by atoms with Crippen molar-refractivity contribution >= 4 is 10.4 Å². The summed E-state index contributed by atoms with van der Waals surface area (Å²) >= 11 is 0. The van der Waals surface area contributed by atoms with Gasteiger partial charge in [-0.15, -0.1) is 0 Å². The van der Waals surface area contributed by atoms with Crippen LogP contribution in [0.5, 0.6) is 0 Å². The zero-order valence-corrected chi connectivity index (χ0v) is 18.2. The molecule has 0 aliphatic carbocycles. The average Bonchev–Trinajstić information content (AvgIpc) is 2.49. The van der Waals surface area contributed by atoms with Gasteiger partial charge in [0.05, 0.1) is 6.10 Å². The van der Waals surface area contributed by atoms with Gasteiger partial charge in [-0.25, -0.2) is 8.42 Å². The van der Waals surface area contributed by atoms with Crippen LogP contribution in [0.4, 0.5) is 57.1 Å². The van der Waals surface area contributed by atoms with Gasteiger partial charge in [0, 0.05) is 6.42 Å². The molecule has 0 saturated heterocycles. The molecular weight excluding hydrogens is 510 g/mol. The fourth-order valence-corrected chi connectivity index (χ4v) is 2.56. The van der Waals surface area contributed by atoms with Crippen molar-refractivity contribution in [3.8, 4) is 0 Å². The smallest absolute Gasteiger partial charge is 0.726 e. The first kappa shape index (κ1) is 33.1. The predicted octanol–water partition coefficient (Wildman–Crippen LogP) is 2.15. The van der Waals surface area contributed by atoms with Gasteiger partial charge in [0.2, 0.25) is 10.4 Å². The van der Waals surface area contributed by atoms with Crippen molar-refractivity contribution in [3.63, 3.8) is 0 Å². The first-order valence-corrected chi connectivity index (χ1v) is 8.82. The average molecular weight is 522 g/mol. The maximum atomic E-state index is 13.6. The van der Waals surface area contributed by atoms with Gasteiger partial charge < -0.3 is 4.55 Å². The summed E-state index contributed by atoms with van der Waals surface area (Å²) in [4.78, 5) is 0. The molecule has 182 valence electrons. The minimum Gasteiger partial charge on any atom is -0.726 e. The molecule has 31 heavy (non-hydrogen) atoms. The van der Waals surface area contributed by atoms with E-state index in [-0.39, 0.29) is 36.0 Å². The number of alkyl halides is 13. The molecule has 0 aliphatic rings. The number of halogens is 13. The van der Waals surface area contributed by atoms with Crippen molar-refractivity contribution in [2.75, 3.05) is 0 Å². The fraction of sp³-hybridized carbons (Fsp3) is 1.00. The Labute approximate surface area is 188 Å². The second kappa shape index (κ2) is 10.1. The van der Waals surface area contributed by atoms with Gasteiger partial charge in [0.15, 0.2) is 0 Å². The van der Waals surface area contributed by atoms with E-state index < -0.39 is 71.6 Å². The van der Waals surface area contributed by atoms with E-state index in [0.29, 0.717) is 0 Å². The molecule has 0 heterocycles. The van der Waals surface area contributed by atoms with E-state index in [1.54, 1.807) is 0 Å². The van der Waals surface area contributed by atoms with Crippen LogP contribution in [0.15, 0.2) is 0 Å². The molecule has 1 atom stereocenters. The minimum atomic E-state index is -8.01. The van der Waals surface area contributed by atoms with Crippen molar-refractivity contribution in [2.45, 2.75) is 74.5 Å². The number of rotatable bonds is 11. The maximum Gasteiger partial charge on any atom is 1.00 e. The third-order valence-corrected chi connectivity index (χ3v) is 4.15. The van der Waals surface area contributed by atoms with Gasteiger partial charge in [0.1, 0.15) is 0 Å². The Balaban J connectivity index is 0. The molecule has 0 fully saturated rings. The normalized spacial score (nSPS) is 16.1. The van der Waals surface area contributed by atoms with E-state index in [1.807, 2.05) is 0 Å². The standard InChI is InChI=1S/C12H13F13O4S.Na/c1-2-3-6(29-30(26,27)28)4-5-7(13,14)8(15,16)9(17,18)10(19,20)11(21,22)12(23,24)25;/h6H,2-5H2,1H3,(H,26,27,28);/q;+1/p-1. The summed E-state index contributed by atoms with van der Waals surface area (Å²) < 4.78 is 203. The molecule has 1 unspecified atom stereocenters. The summed E-state index contributed by atoms with van der Waals surface area (Å²) in [5.41, 5.74) is 0. The molecule has 0 bridgehead atoms. The molecule has 0 aromatic heterocycles.